The van der Waals surface area contributed by atoms with Crippen LogP contribution in [0.15, 0.2) is 40.4 Å². The van der Waals surface area contributed by atoms with Crippen molar-refractivity contribution in [1.82, 2.24) is 18.7 Å². The molecule has 8 nitrogen and oxygen atoms in total. The van der Waals surface area contributed by atoms with Crippen LogP contribution in [0.3, 0.4) is 0 Å². The first-order chi connectivity index (χ1) is 13.9. The van der Waals surface area contributed by atoms with E-state index >= 15 is 0 Å². The Bertz CT molecular complexity index is 1230. The quantitative estimate of drug-likeness (QED) is 0.633. The van der Waals surface area contributed by atoms with E-state index in [1.807, 2.05) is 23.6 Å². The lowest BCUT2D eigenvalue weighted by atomic mass is 10.1. The number of aryl methyl sites for hydroxylation is 2. The molecule has 152 valence electrons. The maximum atomic E-state index is 13.1. The average molecular weight is 395 g/mol. The van der Waals surface area contributed by atoms with Crippen LogP contribution in [0, 0.1) is 12.8 Å². The van der Waals surface area contributed by atoms with Crippen molar-refractivity contribution in [3.63, 3.8) is 0 Å². The third kappa shape index (κ3) is 2.86. The molecule has 1 unspecified atom stereocenters. The lowest BCUT2D eigenvalue weighted by molar-refractivity contribution is 0.409. The summed E-state index contributed by atoms with van der Waals surface area (Å²) in [7, 11) is 3.28. The highest BCUT2D eigenvalue weighted by Gasteiger charge is 2.31. The fourth-order valence-electron chi connectivity index (χ4n) is 4.01. The average Bonchev–Trinajstić information content (AvgIpc) is 3.08. The van der Waals surface area contributed by atoms with Crippen molar-refractivity contribution in [3.8, 4) is 5.75 Å². The Morgan fingerprint density at radius 2 is 2.07 bits per heavy atom. The Labute approximate surface area is 168 Å². The third-order valence-electron chi connectivity index (χ3n) is 5.38. The number of nitrogens with zero attached hydrogens (tertiary/aromatic N) is 5. The second-order valence-electron chi connectivity index (χ2n) is 7.63. The van der Waals surface area contributed by atoms with Crippen LogP contribution in [0.25, 0.3) is 11.2 Å². The number of hydrogen-bond acceptors (Lipinski definition) is 5. The molecule has 0 spiro atoms. The largest absolute Gasteiger partial charge is 0.495 e. The monoisotopic (exact) mass is 395 g/mol. The number of anilines is 2. The van der Waals surface area contributed by atoms with Gasteiger partial charge in [0.1, 0.15) is 5.75 Å². The van der Waals surface area contributed by atoms with E-state index in [2.05, 4.69) is 24.5 Å². The van der Waals surface area contributed by atoms with Gasteiger partial charge in [0.05, 0.1) is 12.8 Å². The second-order valence-corrected chi connectivity index (χ2v) is 7.63. The van der Waals surface area contributed by atoms with E-state index in [9.17, 15) is 9.59 Å². The maximum absolute atomic E-state index is 13.1. The Hall–Kier alpha value is -3.29. The first-order valence-electron chi connectivity index (χ1n) is 9.60. The highest BCUT2D eigenvalue weighted by molar-refractivity contribution is 5.78. The summed E-state index contributed by atoms with van der Waals surface area (Å²) in [6, 6.07) is 5.98. The van der Waals surface area contributed by atoms with Gasteiger partial charge in [0.15, 0.2) is 11.2 Å². The molecule has 0 bridgehead atoms. The first-order valence-corrected chi connectivity index (χ1v) is 9.60. The van der Waals surface area contributed by atoms with E-state index in [1.165, 1.54) is 9.13 Å². The number of methoxy groups -OCH3 is 1. The molecular weight excluding hydrogens is 370 g/mol. The lowest BCUT2D eigenvalue weighted by Gasteiger charge is -2.33. The van der Waals surface area contributed by atoms with Gasteiger partial charge in [0.25, 0.3) is 5.56 Å². The highest BCUT2D eigenvalue weighted by Crippen LogP contribution is 2.38. The highest BCUT2D eigenvalue weighted by atomic mass is 16.5. The van der Waals surface area contributed by atoms with Gasteiger partial charge in [-0.3, -0.25) is 13.9 Å². The molecule has 0 aliphatic carbocycles. The smallest absolute Gasteiger partial charge is 0.332 e. The normalized spacial score (nSPS) is 16.1. The Morgan fingerprint density at radius 3 is 2.76 bits per heavy atom. The zero-order valence-electron chi connectivity index (χ0n) is 17.2. The topological polar surface area (TPSA) is 74.3 Å². The molecule has 1 aliphatic heterocycles. The van der Waals surface area contributed by atoms with E-state index in [4.69, 9.17) is 9.72 Å². The van der Waals surface area contributed by atoms with E-state index in [1.54, 1.807) is 20.2 Å². The van der Waals surface area contributed by atoms with E-state index in [-0.39, 0.29) is 18.0 Å². The van der Waals surface area contributed by atoms with Gasteiger partial charge in [0.2, 0.25) is 5.95 Å². The molecule has 8 heteroatoms. The second kappa shape index (κ2) is 6.95. The fraction of sp³-hybridized carbons (Fsp3) is 0.381. The molecule has 0 amide bonds. The summed E-state index contributed by atoms with van der Waals surface area (Å²) in [6.07, 6.45) is 1.55. The van der Waals surface area contributed by atoms with E-state index in [0.29, 0.717) is 23.7 Å². The van der Waals surface area contributed by atoms with Crippen LogP contribution in [0.2, 0.25) is 0 Å². The van der Waals surface area contributed by atoms with Crippen molar-refractivity contribution >= 4 is 22.8 Å². The number of hydrogen-bond donors (Lipinski definition) is 0. The molecule has 0 N–H and O–H groups in total. The van der Waals surface area contributed by atoms with Crippen LogP contribution >= 0.6 is 0 Å². The van der Waals surface area contributed by atoms with Crippen LogP contribution < -0.4 is 20.9 Å². The molecule has 0 saturated carbocycles. The summed E-state index contributed by atoms with van der Waals surface area (Å²) in [5.41, 5.74) is 2.08. The zero-order valence-corrected chi connectivity index (χ0v) is 17.2. The molecule has 0 radical (unpaired) electrons. The number of ether oxygens (including phenoxy) is 1. The zero-order chi connectivity index (χ0) is 20.9. The number of aromatic nitrogens is 4. The molecule has 3 aromatic rings. The number of benzene rings is 1. The predicted molar refractivity (Wildman–Crippen MR) is 113 cm³/mol. The van der Waals surface area contributed by atoms with Crippen molar-refractivity contribution < 1.29 is 4.74 Å². The number of allylic oxidation sites excluding steroid dienone is 1. The van der Waals surface area contributed by atoms with Crippen LogP contribution in [-0.4, -0.2) is 32.3 Å². The lowest BCUT2D eigenvalue weighted by Crippen LogP contribution is -2.40. The summed E-state index contributed by atoms with van der Waals surface area (Å²) in [4.78, 5) is 32.6. The van der Waals surface area contributed by atoms with Gasteiger partial charge in [-0.15, -0.1) is 6.58 Å². The van der Waals surface area contributed by atoms with Gasteiger partial charge in [-0.05, 0) is 30.5 Å². The molecule has 3 heterocycles. The maximum Gasteiger partial charge on any atom is 0.332 e. The Kier molecular flexibility index (Phi) is 4.56. The molecule has 1 aliphatic rings. The third-order valence-corrected chi connectivity index (χ3v) is 5.38. The van der Waals surface area contributed by atoms with Gasteiger partial charge in [-0.1, -0.05) is 19.1 Å². The molecule has 0 fully saturated rings. The van der Waals surface area contributed by atoms with Crippen LogP contribution in [0.4, 0.5) is 11.6 Å². The molecule has 29 heavy (non-hydrogen) atoms. The van der Waals surface area contributed by atoms with Crippen molar-refractivity contribution in [1.29, 1.82) is 0 Å². The molecule has 4 rings (SSSR count). The summed E-state index contributed by atoms with van der Waals surface area (Å²) >= 11 is 0. The minimum absolute atomic E-state index is 0.160. The molecular formula is C21H25N5O3. The summed E-state index contributed by atoms with van der Waals surface area (Å²) < 4.78 is 10.1. The van der Waals surface area contributed by atoms with Crippen molar-refractivity contribution in [2.75, 3.05) is 18.6 Å². The van der Waals surface area contributed by atoms with Crippen LogP contribution in [0.5, 0.6) is 5.75 Å². The predicted octanol–water partition coefficient (Wildman–Crippen LogP) is 2.19. The van der Waals surface area contributed by atoms with Crippen LogP contribution in [0.1, 0.15) is 12.5 Å². The Morgan fingerprint density at radius 1 is 1.31 bits per heavy atom. The van der Waals surface area contributed by atoms with Gasteiger partial charge in [0, 0.05) is 26.7 Å². The minimum Gasteiger partial charge on any atom is -0.495 e. The molecule has 0 saturated heterocycles. The summed E-state index contributed by atoms with van der Waals surface area (Å²) in [5.74, 6) is 1.65. The van der Waals surface area contributed by atoms with Crippen molar-refractivity contribution in [2.45, 2.75) is 26.9 Å². The molecule has 2 aromatic heterocycles. The number of imidazole rings is 1. The summed E-state index contributed by atoms with van der Waals surface area (Å²) in [6.45, 7) is 9.36. The van der Waals surface area contributed by atoms with Gasteiger partial charge in [-0.25, -0.2) is 4.79 Å². The van der Waals surface area contributed by atoms with E-state index in [0.717, 1.165) is 23.5 Å². The number of fused-ring (bicyclic) bond motifs is 3. The fourth-order valence-corrected chi connectivity index (χ4v) is 4.01. The standard InChI is InChI=1S/C21H25N5O3/c1-6-9-24-19(27)17-18(23(4)21(24)28)22-20-25(11-14(3)12-26(17)20)15-10-13(2)7-8-16(15)29-5/h6-8,10,14H,1,9,11-12H2,2-5H3. The van der Waals surface area contributed by atoms with E-state index < -0.39 is 5.69 Å². The molecule has 1 aromatic carbocycles. The summed E-state index contributed by atoms with van der Waals surface area (Å²) in [5, 5.41) is 0. The number of rotatable bonds is 4. The Balaban J connectivity index is 2.04. The van der Waals surface area contributed by atoms with Gasteiger partial charge < -0.3 is 14.2 Å². The van der Waals surface area contributed by atoms with Crippen molar-refractivity contribution in [3.05, 3.63) is 57.3 Å². The van der Waals surface area contributed by atoms with Crippen molar-refractivity contribution in [2.24, 2.45) is 13.0 Å². The minimum atomic E-state index is -0.398. The first kappa shape index (κ1) is 19.0. The van der Waals surface area contributed by atoms with Gasteiger partial charge >= 0.3 is 5.69 Å². The van der Waals surface area contributed by atoms with Crippen LogP contribution in [-0.2, 0) is 20.1 Å². The SMILES string of the molecule is C=CCn1c(=O)c2c(nc3n2CC(C)CN3c2cc(C)ccc2OC)n(C)c1=O. The van der Waals surface area contributed by atoms with Gasteiger partial charge in [-0.2, -0.15) is 4.98 Å². The molecule has 1 atom stereocenters.